The number of morpholine rings is 1. The van der Waals surface area contributed by atoms with Crippen LogP contribution < -0.4 is 5.32 Å². The molecule has 90 valence electrons. The van der Waals surface area contributed by atoms with Gasteiger partial charge >= 0.3 is 0 Å². The lowest BCUT2D eigenvalue weighted by atomic mass is 10.2. The number of aliphatic hydroxyl groups excluding tert-OH is 1. The SMILES string of the molecule is O=C1NC(C(=O)N2CCOC(CO)C2)CS1. The zero-order valence-corrected chi connectivity index (χ0v) is 9.53. The van der Waals surface area contributed by atoms with Crippen LogP contribution in [0, 0.1) is 0 Å². The van der Waals surface area contributed by atoms with Gasteiger partial charge in [0.1, 0.15) is 6.04 Å². The Labute approximate surface area is 97.3 Å². The number of ether oxygens (including phenoxy) is 1. The number of rotatable bonds is 2. The molecule has 2 fully saturated rings. The molecule has 0 aliphatic carbocycles. The van der Waals surface area contributed by atoms with Crippen LogP contribution in [0.25, 0.3) is 0 Å². The number of amides is 2. The van der Waals surface area contributed by atoms with Crippen molar-refractivity contribution in [2.75, 3.05) is 32.1 Å². The molecular weight excluding hydrogens is 232 g/mol. The van der Waals surface area contributed by atoms with E-state index in [4.69, 9.17) is 9.84 Å². The maximum Gasteiger partial charge on any atom is 0.279 e. The first-order valence-electron chi connectivity index (χ1n) is 5.15. The lowest BCUT2D eigenvalue weighted by Gasteiger charge is -2.33. The van der Waals surface area contributed by atoms with Crippen molar-refractivity contribution in [2.45, 2.75) is 12.1 Å². The molecule has 2 rings (SSSR count). The van der Waals surface area contributed by atoms with Crippen molar-refractivity contribution in [1.82, 2.24) is 10.2 Å². The topological polar surface area (TPSA) is 78.9 Å². The molecule has 0 spiro atoms. The first-order valence-corrected chi connectivity index (χ1v) is 6.14. The van der Waals surface area contributed by atoms with Gasteiger partial charge in [-0.05, 0) is 0 Å². The molecule has 0 radical (unpaired) electrons. The highest BCUT2D eigenvalue weighted by Crippen LogP contribution is 2.16. The number of carbonyl (C=O) groups excluding carboxylic acids is 2. The molecule has 2 N–H and O–H groups in total. The highest BCUT2D eigenvalue weighted by molar-refractivity contribution is 8.14. The summed E-state index contributed by atoms with van der Waals surface area (Å²) in [6.45, 7) is 1.26. The lowest BCUT2D eigenvalue weighted by molar-refractivity contribution is -0.141. The Balaban J connectivity index is 1.91. The fraction of sp³-hybridized carbons (Fsp3) is 0.778. The summed E-state index contributed by atoms with van der Waals surface area (Å²) in [5.41, 5.74) is 0. The third-order valence-corrected chi connectivity index (χ3v) is 3.51. The molecule has 2 heterocycles. The molecule has 0 aromatic heterocycles. The molecule has 16 heavy (non-hydrogen) atoms. The molecule has 0 aromatic rings. The van der Waals surface area contributed by atoms with E-state index < -0.39 is 6.04 Å². The van der Waals surface area contributed by atoms with E-state index in [-0.39, 0.29) is 23.9 Å². The molecule has 0 saturated carbocycles. The highest BCUT2D eigenvalue weighted by Gasteiger charge is 2.33. The predicted octanol–water partition coefficient (Wildman–Crippen LogP) is -0.969. The van der Waals surface area contributed by atoms with Crippen molar-refractivity contribution in [1.29, 1.82) is 0 Å². The standard InChI is InChI=1S/C9H14N2O4S/c12-4-6-3-11(1-2-15-6)8(13)7-5-16-9(14)10-7/h6-7,12H,1-5H2,(H,10,14). The number of nitrogens with one attached hydrogen (secondary N) is 1. The second-order valence-electron chi connectivity index (χ2n) is 3.76. The van der Waals surface area contributed by atoms with E-state index >= 15 is 0 Å². The van der Waals surface area contributed by atoms with Gasteiger partial charge in [-0.2, -0.15) is 0 Å². The van der Waals surface area contributed by atoms with Crippen LogP contribution in [-0.4, -0.2) is 65.4 Å². The maximum atomic E-state index is 12.0. The van der Waals surface area contributed by atoms with Crippen molar-refractivity contribution >= 4 is 22.9 Å². The average Bonchev–Trinajstić information content (AvgIpc) is 2.75. The molecule has 2 saturated heterocycles. The molecule has 0 aromatic carbocycles. The zero-order chi connectivity index (χ0) is 11.5. The van der Waals surface area contributed by atoms with Gasteiger partial charge in [-0.25, -0.2) is 0 Å². The second-order valence-corrected chi connectivity index (χ2v) is 4.75. The van der Waals surface area contributed by atoms with Crippen LogP contribution in [0.1, 0.15) is 0 Å². The Bertz CT molecular complexity index is 299. The highest BCUT2D eigenvalue weighted by atomic mass is 32.2. The molecule has 2 atom stereocenters. The van der Waals surface area contributed by atoms with Crippen molar-refractivity contribution < 1.29 is 19.4 Å². The Morgan fingerprint density at radius 3 is 3.12 bits per heavy atom. The smallest absolute Gasteiger partial charge is 0.279 e. The number of aliphatic hydroxyl groups is 1. The van der Waals surface area contributed by atoms with Gasteiger partial charge in [0.2, 0.25) is 5.91 Å². The third-order valence-electron chi connectivity index (χ3n) is 2.63. The van der Waals surface area contributed by atoms with E-state index in [0.717, 1.165) is 11.8 Å². The minimum absolute atomic E-state index is 0.0832. The van der Waals surface area contributed by atoms with Gasteiger partial charge in [0.05, 0.1) is 19.3 Å². The van der Waals surface area contributed by atoms with E-state index in [1.807, 2.05) is 0 Å². The van der Waals surface area contributed by atoms with Crippen molar-refractivity contribution in [3.63, 3.8) is 0 Å². The number of nitrogens with zero attached hydrogens (tertiary/aromatic N) is 1. The van der Waals surface area contributed by atoms with E-state index in [1.165, 1.54) is 0 Å². The van der Waals surface area contributed by atoms with Crippen LogP contribution in [0.2, 0.25) is 0 Å². The molecule has 7 heteroatoms. The van der Waals surface area contributed by atoms with Gasteiger partial charge in [-0.15, -0.1) is 0 Å². The first kappa shape index (κ1) is 11.7. The van der Waals surface area contributed by atoms with Gasteiger partial charge in [-0.3, -0.25) is 9.59 Å². The molecule has 2 aliphatic heterocycles. The van der Waals surface area contributed by atoms with Crippen molar-refractivity contribution in [2.24, 2.45) is 0 Å². The third kappa shape index (κ3) is 2.47. The van der Waals surface area contributed by atoms with Crippen LogP contribution in [0.4, 0.5) is 4.79 Å². The normalized spacial score (nSPS) is 30.3. The summed E-state index contributed by atoms with van der Waals surface area (Å²) < 4.78 is 5.25. The van der Waals surface area contributed by atoms with Crippen LogP contribution in [-0.2, 0) is 9.53 Å². The summed E-state index contributed by atoms with van der Waals surface area (Å²) >= 11 is 1.13. The van der Waals surface area contributed by atoms with Gasteiger partial charge in [-0.1, -0.05) is 11.8 Å². The van der Waals surface area contributed by atoms with Crippen LogP contribution >= 0.6 is 11.8 Å². The summed E-state index contributed by atoms with van der Waals surface area (Å²) in [6.07, 6.45) is -0.303. The van der Waals surface area contributed by atoms with Gasteiger partial charge in [0.15, 0.2) is 0 Å². The summed E-state index contributed by atoms with van der Waals surface area (Å²) in [5.74, 6) is 0.402. The van der Waals surface area contributed by atoms with Crippen molar-refractivity contribution in [3.8, 4) is 0 Å². The Morgan fingerprint density at radius 2 is 2.50 bits per heavy atom. The summed E-state index contributed by atoms with van der Waals surface area (Å²) in [7, 11) is 0. The molecular formula is C9H14N2O4S. The minimum Gasteiger partial charge on any atom is -0.394 e. The van der Waals surface area contributed by atoms with Crippen LogP contribution in [0.5, 0.6) is 0 Å². The minimum atomic E-state index is -0.421. The van der Waals surface area contributed by atoms with E-state index in [9.17, 15) is 9.59 Å². The zero-order valence-electron chi connectivity index (χ0n) is 8.72. The van der Waals surface area contributed by atoms with E-state index in [2.05, 4.69) is 5.32 Å². The number of carbonyl (C=O) groups is 2. The van der Waals surface area contributed by atoms with Gasteiger partial charge in [0, 0.05) is 18.8 Å². The molecule has 2 unspecified atom stereocenters. The Kier molecular flexibility index (Phi) is 3.67. The molecule has 6 nitrogen and oxygen atoms in total. The fourth-order valence-corrected chi connectivity index (χ4v) is 2.54. The van der Waals surface area contributed by atoms with Crippen LogP contribution in [0.3, 0.4) is 0 Å². The average molecular weight is 246 g/mol. The first-order chi connectivity index (χ1) is 7.70. The van der Waals surface area contributed by atoms with Gasteiger partial charge < -0.3 is 20.1 Å². The largest absolute Gasteiger partial charge is 0.394 e. The fourth-order valence-electron chi connectivity index (χ4n) is 1.77. The molecule has 0 bridgehead atoms. The Hall–Kier alpha value is -0.790. The summed E-state index contributed by atoms with van der Waals surface area (Å²) in [6, 6.07) is -0.421. The lowest BCUT2D eigenvalue weighted by Crippen LogP contribution is -2.52. The monoisotopic (exact) mass is 246 g/mol. The predicted molar refractivity (Wildman–Crippen MR) is 58.2 cm³/mol. The van der Waals surface area contributed by atoms with E-state index in [0.29, 0.717) is 25.4 Å². The van der Waals surface area contributed by atoms with E-state index in [1.54, 1.807) is 4.90 Å². The maximum absolute atomic E-state index is 12.0. The summed E-state index contributed by atoms with van der Waals surface area (Å²) in [4.78, 5) is 24.6. The molecule has 2 aliphatic rings. The number of thioether (sulfide) groups is 1. The molecule has 2 amide bonds. The quantitative estimate of drug-likeness (QED) is 0.655. The second kappa shape index (κ2) is 5.03. The Morgan fingerprint density at radius 1 is 1.69 bits per heavy atom. The van der Waals surface area contributed by atoms with Crippen LogP contribution in [0.15, 0.2) is 0 Å². The summed E-state index contributed by atoms with van der Waals surface area (Å²) in [5, 5.41) is 11.4. The number of hydrogen-bond donors (Lipinski definition) is 2. The number of hydrogen-bond acceptors (Lipinski definition) is 5. The van der Waals surface area contributed by atoms with Gasteiger partial charge in [0.25, 0.3) is 5.24 Å². The van der Waals surface area contributed by atoms with Crippen molar-refractivity contribution in [3.05, 3.63) is 0 Å².